The number of halogens is 1. The lowest BCUT2D eigenvalue weighted by atomic mass is 10.1. The summed E-state index contributed by atoms with van der Waals surface area (Å²) in [5.74, 6) is 0.782. The third-order valence-electron chi connectivity index (χ3n) is 1.89. The molecule has 0 radical (unpaired) electrons. The van der Waals surface area contributed by atoms with Crippen LogP contribution in [-0.4, -0.2) is 13.7 Å². The van der Waals surface area contributed by atoms with E-state index >= 15 is 0 Å². The molecule has 0 aliphatic carbocycles. The largest absolute Gasteiger partial charge is 0.497 e. The van der Waals surface area contributed by atoms with Crippen LogP contribution in [0.1, 0.15) is 11.7 Å². The summed E-state index contributed by atoms with van der Waals surface area (Å²) in [6.45, 7) is 0.784. The first-order valence-corrected chi connectivity index (χ1v) is 4.14. The van der Waals surface area contributed by atoms with Gasteiger partial charge in [0.15, 0.2) is 0 Å². The van der Waals surface area contributed by atoms with E-state index in [2.05, 4.69) is 0 Å². The Hall–Kier alpha value is -0.730. The minimum atomic E-state index is 0.211. The number of epoxide rings is 1. The van der Waals surface area contributed by atoms with Gasteiger partial charge in [-0.05, 0) is 12.1 Å². The van der Waals surface area contributed by atoms with Crippen LogP contribution in [0.15, 0.2) is 18.2 Å². The topological polar surface area (TPSA) is 21.8 Å². The van der Waals surface area contributed by atoms with E-state index in [9.17, 15) is 0 Å². The fraction of sp³-hybridized carbons (Fsp3) is 0.333. The van der Waals surface area contributed by atoms with Crippen molar-refractivity contribution in [3.8, 4) is 5.75 Å². The van der Waals surface area contributed by atoms with Crippen molar-refractivity contribution in [2.24, 2.45) is 0 Å². The molecule has 3 heteroatoms. The highest BCUT2D eigenvalue weighted by Gasteiger charge is 2.26. The zero-order valence-electron chi connectivity index (χ0n) is 6.71. The predicted octanol–water partition coefficient (Wildman–Crippen LogP) is 2.42. The maximum absolute atomic E-state index is 5.98. The fourth-order valence-corrected chi connectivity index (χ4v) is 1.42. The van der Waals surface area contributed by atoms with Gasteiger partial charge in [-0.25, -0.2) is 0 Å². The van der Waals surface area contributed by atoms with E-state index in [1.165, 1.54) is 0 Å². The molecule has 0 spiro atoms. The summed E-state index contributed by atoms with van der Waals surface area (Å²) < 4.78 is 10.1. The van der Waals surface area contributed by atoms with Crippen molar-refractivity contribution in [1.29, 1.82) is 0 Å². The second-order valence-corrected chi connectivity index (χ2v) is 3.12. The van der Waals surface area contributed by atoms with Crippen LogP contribution in [0.2, 0.25) is 5.02 Å². The summed E-state index contributed by atoms with van der Waals surface area (Å²) >= 11 is 5.98. The molecule has 0 bridgehead atoms. The van der Waals surface area contributed by atoms with E-state index in [4.69, 9.17) is 21.1 Å². The Kier molecular flexibility index (Phi) is 1.95. The molecular weight excluding hydrogens is 176 g/mol. The molecule has 1 unspecified atom stereocenters. The number of hydrogen-bond acceptors (Lipinski definition) is 2. The third-order valence-corrected chi connectivity index (χ3v) is 2.22. The number of methoxy groups -OCH3 is 1. The molecule has 1 heterocycles. The highest BCUT2D eigenvalue weighted by Crippen LogP contribution is 2.36. The normalized spacial score (nSPS) is 20.7. The molecule has 0 amide bonds. The molecule has 12 heavy (non-hydrogen) atoms. The number of hydrogen-bond donors (Lipinski definition) is 0. The minimum absolute atomic E-state index is 0.211. The van der Waals surface area contributed by atoms with Crippen LogP contribution in [0.3, 0.4) is 0 Å². The van der Waals surface area contributed by atoms with Crippen LogP contribution in [0.4, 0.5) is 0 Å². The van der Waals surface area contributed by atoms with Crippen molar-refractivity contribution in [3.63, 3.8) is 0 Å². The second-order valence-electron chi connectivity index (χ2n) is 2.71. The quantitative estimate of drug-likeness (QED) is 0.659. The molecule has 1 atom stereocenters. The Balaban J connectivity index is 2.32. The van der Waals surface area contributed by atoms with Gasteiger partial charge in [0.25, 0.3) is 0 Å². The molecule has 1 fully saturated rings. The Bertz CT molecular complexity index is 295. The maximum Gasteiger partial charge on any atom is 0.120 e. The minimum Gasteiger partial charge on any atom is -0.497 e. The van der Waals surface area contributed by atoms with Crippen molar-refractivity contribution >= 4 is 11.6 Å². The molecule has 0 saturated carbocycles. The molecule has 0 aromatic heterocycles. The zero-order valence-corrected chi connectivity index (χ0v) is 7.47. The van der Waals surface area contributed by atoms with Gasteiger partial charge >= 0.3 is 0 Å². The molecule has 0 N–H and O–H groups in total. The van der Waals surface area contributed by atoms with E-state index < -0.39 is 0 Å². The lowest BCUT2D eigenvalue weighted by molar-refractivity contribution is 0.409. The summed E-state index contributed by atoms with van der Waals surface area (Å²) in [6, 6.07) is 5.64. The van der Waals surface area contributed by atoms with Gasteiger partial charge in [-0.1, -0.05) is 17.7 Å². The molecule has 1 saturated heterocycles. The molecule has 2 nitrogen and oxygen atoms in total. The summed E-state index contributed by atoms with van der Waals surface area (Å²) in [6.07, 6.45) is 0.211. The number of ether oxygens (including phenoxy) is 2. The molecular formula is C9H9ClO2. The Morgan fingerprint density at radius 1 is 1.58 bits per heavy atom. The van der Waals surface area contributed by atoms with Crippen LogP contribution in [0, 0.1) is 0 Å². The second kappa shape index (κ2) is 2.96. The first kappa shape index (κ1) is 7.90. The van der Waals surface area contributed by atoms with Gasteiger partial charge in [-0.15, -0.1) is 0 Å². The van der Waals surface area contributed by atoms with Gasteiger partial charge < -0.3 is 9.47 Å². The monoisotopic (exact) mass is 184 g/mol. The number of benzene rings is 1. The van der Waals surface area contributed by atoms with Crippen LogP contribution in [-0.2, 0) is 4.74 Å². The summed E-state index contributed by atoms with van der Waals surface area (Å²) in [5.41, 5.74) is 1.05. The van der Waals surface area contributed by atoms with Gasteiger partial charge in [0, 0.05) is 5.56 Å². The van der Waals surface area contributed by atoms with Crippen molar-refractivity contribution < 1.29 is 9.47 Å². The first-order chi connectivity index (χ1) is 5.81. The van der Waals surface area contributed by atoms with E-state index in [1.807, 2.05) is 12.1 Å². The Labute approximate surface area is 76.1 Å². The van der Waals surface area contributed by atoms with Crippen LogP contribution in [0.5, 0.6) is 5.75 Å². The SMILES string of the molecule is COc1ccc(C2CO2)c(Cl)c1. The van der Waals surface area contributed by atoms with E-state index in [1.54, 1.807) is 13.2 Å². The average molecular weight is 185 g/mol. The van der Waals surface area contributed by atoms with Crippen LogP contribution >= 0.6 is 11.6 Å². The molecule has 2 rings (SSSR count). The smallest absolute Gasteiger partial charge is 0.120 e. The average Bonchev–Trinajstić information content (AvgIpc) is 2.87. The molecule has 1 aliphatic rings. The molecule has 1 aromatic carbocycles. The van der Waals surface area contributed by atoms with Gasteiger partial charge in [0.05, 0.1) is 18.7 Å². The van der Waals surface area contributed by atoms with Crippen molar-refractivity contribution in [2.45, 2.75) is 6.10 Å². The van der Waals surface area contributed by atoms with Gasteiger partial charge in [0.2, 0.25) is 0 Å². The van der Waals surface area contributed by atoms with Gasteiger partial charge in [0.1, 0.15) is 11.9 Å². The maximum atomic E-state index is 5.98. The van der Waals surface area contributed by atoms with Gasteiger partial charge in [-0.2, -0.15) is 0 Å². The lowest BCUT2D eigenvalue weighted by Crippen LogP contribution is -1.86. The van der Waals surface area contributed by atoms with Crippen LogP contribution < -0.4 is 4.74 Å². The van der Waals surface area contributed by atoms with E-state index in [0.29, 0.717) is 0 Å². The summed E-state index contributed by atoms with van der Waals surface area (Å²) in [5, 5.41) is 0.719. The van der Waals surface area contributed by atoms with Crippen molar-refractivity contribution in [3.05, 3.63) is 28.8 Å². The highest BCUT2D eigenvalue weighted by atomic mass is 35.5. The summed E-state index contributed by atoms with van der Waals surface area (Å²) in [7, 11) is 1.62. The Morgan fingerprint density at radius 2 is 2.33 bits per heavy atom. The summed E-state index contributed by atoms with van der Waals surface area (Å²) in [4.78, 5) is 0. The van der Waals surface area contributed by atoms with Crippen molar-refractivity contribution in [1.82, 2.24) is 0 Å². The molecule has 64 valence electrons. The van der Waals surface area contributed by atoms with E-state index in [-0.39, 0.29) is 6.10 Å². The third kappa shape index (κ3) is 1.40. The zero-order chi connectivity index (χ0) is 8.55. The van der Waals surface area contributed by atoms with Gasteiger partial charge in [-0.3, -0.25) is 0 Å². The first-order valence-electron chi connectivity index (χ1n) is 3.76. The van der Waals surface area contributed by atoms with E-state index in [0.717, 1.165) is 22.9 Å². The van der Waals surface area contributed by atoms with Crippen LogP contribution in [0.25, 0.3) is 0 Å². The standard InChI is InChI=1S/C9H9ClO2/c1-11-6-2-3-7(8(10)4-6)9-5-12-9/h2-4,9H,5H2,1H3. The fourth-order valence-electron chi connectivity index (χ4n) is 1.12. The Morgan fingerprint density at radius 3 is 2.83 bits per heavy atom. The highest BCUT2D eigenvalue weighted by molar-refractivity contribution is 6.31. The predicted molar refractivity (Wildman–Crippen MR) is 46.7 cm³/mol. The molecule has 1 aromatic rings. The number of rotatable bonds is 2. The van der Waals surface area contributed by atoms with Crippen molar-refractivity contribution in [2.75, 3.05) is 13.7 Å². The molecule has 1 aliphatic heterocycles. The lowest BCUT2D eigenvalue weighted by Gasteiger charge is -2.03.